The highest BCUT2D eigenvalue weighted by molar-refractivity contribution is 6.29. The summed E-state index contributed by atoms with van der Waals surface area (Å²) in [5.74, 6) is 0.613. The molecule has 8 heteroatoms. The van der Waals surface area contributed by atoms with Crippen molar-refractivity contribution in [3.05, 3.63) is 44.3 Å². The Morgan fingerprint density at radius 1 is 1.00 bits per heavy atom. The molecule has 138 valence electrons. The summed E-state index contributed by atoms with van der Waals surface area (Å²) < 4.78 is 4.77. The number of halogens is 1. The standard InChI is InChI=1S/C18H22ClN5O2/c1-4-9-23-16-14(17(25)24(10-5-2)18(23)26)22(6-3)15(21-16)12-7-8-13(19)20-11-12/h7-8,11H,4-6,9-10H2,1-3H3. The highest BCUT2D eigenvalue weighted by atomic mass is 35.5. The summed E-state index contributed by atoms with van der Waals surface area (Å²) >= 11 is 5.88. The maximum Gasteiger partial charge on any atom is 0.332 e. The number of aromatic nitrogens is 5. The van der Waals surface area contributed by atoms with E-state index in [1.165, 1.54) is 4.57 Å². The monoisotopic (exact) mass is 375 g/mol. The van der Waals surface area contributed by atoms with E-state index in [-0.39, 0.29) is 11.2 Å². The minimum Gasteiger partial charge on any atom is -0.318 e. The fraction of sp³-hybridized carbons (Fsp3) is 0.444. The molecule has 3 aromatic heterocycles. The van der Waals surface area contributed by atoms with Crippen LogP contribution in [0.25, 0.3) is 22.6 Å². The van der Waals surface area contributed by atoms with Crippen molar-refractivity contribution in [1.29, 1.82) is 0 Å². The number of pyridine rings is 1. The third-order valence-electron chi connectivity index (χ3n) is 4.31. The summed E-state index contributed by atoms with van der Waals surface area (Å²) in [4.78, 5) is 34.6. The van der Waals surface area contributed by atoms with E-state index in [4.69, 9.17) is 11.6 Å². The normalized spacial score (nSPS) is 11.4. The smallest absolute Gasteiger partial charge is 0.318 e. The highest BCUT2D eigenvalue weighted by Gasteiger charge is 2.21. The van der Waals surface area contributed by atoms with Crippen molar-refractivity contribution in [3.63, 3.8) is 0 Å². The first kappa shape index (κ1) is 18.4. The molecule has 0 aromatic carbocycles. The van der Waals surface area contributed by atoms with E-state index in [0.717, 1.165) is 12.0 Å². The second-order valence-corrected chi connectivity index (χ2v) is 6.50. The van der Waals surface area contributed by atoms with Crippen LogP contribution < -0.4 is 11.2 Å². The predicted octanol–water partition coefficient (Wildman–Crippen LogP) is 2.92. The summed E-state index contributed by atoms with van der Waals surface area (Å²) in [6.07, 6.45) is 3.11. The lowest BCUT2D eigenvalue weighted by atomic mass is 10.2. The van der Waals surface area contributed by atoms with Crippen molar-refractivity contribution in [3.8, 4) is 11.4 Å². The maximum atomic E-state index is 13.0. The molecule has 0 saturated carbocycles. The molecule has 0 spiro atoms. The van der Waals surface area contributed by atoms with Crippen molar-refractivity contribution in [2.45, 2.75) is 53.2 Å². The van der Waals surface area contributed by atoms with Gasteiger partial charge in [0.15, 0.2) is 11.2 Å². The Morgan fingerprint density at radius 3 is 2.27 bits per heavy atom. The van der Waals surface area contributed by atoms with Crippen LogP contribution in [0, 0.1) is 0 Å². The summed E-state index contributed by atoms with van der Waals surface area (Å²) in [5.41, 5.74) is 1.05. The third-order valence-corrected chi connectivity index (χ3v) is 4.53. The largest absolute Gasteiger partial charge is 0.332 e. The third kappa shape index (κ3) is 2.96. The molecule has 0 aliphatic heterocycles. The van der Waals surface area contributed by atoms with Gasteiger partial charge in [-0.3, -0.25) is 13.9 Å². The molecule has 0 aliphatic carbocycles. The number of fused-ring (bicyclic) bond motifs is 1. The van der Waals surface area contributed by atoms with Gasteiger partial charge < -0.3 is 4.57 Å². The number of hydrogen-bond donors (Lipinski definition) is 0. The molecule has 3 rings (SSSR count). The number of hydrogen-bond acceptors (Lipinski definition) is 4. The van der Waals surface area contributed by atoms with Crippen LogP contribution in [0.2, 0.25) is 5.15 Å². The molecule has 0 amide bonds. The fourth-order valence-corrected chi connectivity index (χ4v) is 3.28. The van der Waals surface area contributed by atoms with Gasteiger partial charge in [-0.2, -0.15) is 0 Å². The van der Waals surface area contributed by atoms with Gasteiger partial charge in [0.2, 0.25) is 0 Å². The molecule has 0 radical (unpaired) electrons. The summed E-state index contributed by atoms with van der Waals surface area (Å²) in [5, 5.41) is 0.390. The van der Waals surface area contributed by atoms with Gasteiger partial charge in [0.05, 0.1) is 0 Å². The molecule has 0 aliphatic rings. The van der Waals surface area contributed by atoms with E-state index < -0.39 is 0 Å². The fourth-order valence-electron chi connectivity index (χ4n) is 3.17. The Hall–Kier alpha value is -2.41. The molecule has 0 fully saturated rings. The van der Waals surface area contributed by atoms with Gasteiger partial charge in [0.25, 0.3) is 5.56 Å². The van der Waals surface area contributed by atoms with Crippen molar-refractivity contribution in [2.75, 3.05) is 0 Å². The number of imidazole rings is 1. The topological polar surface area (TPSA) is 74.7 Å². The lowest BCUT2D eigenvalue weighted by Gasteiger charge is -2.11. The molecule has 3 heterocycles. The molecule has 0 unspecified atom stereocenters. The van der Waals surface area contributed by atoms with E-state index in [9.17, 15) is 9.59 Å². The van der Waals surface area contributed by atoms with E-state index in [1.54, 1.807) is 16.8 Å². The molecule has 3 aromatic rings. The molecule has 7 nitrogen and oxygen atoms in total. The molecule has 26 heavy (non-hydrogen) atoms. The minimum atomic E-state index is -0.298. The Labute approximate surface area is 155 Å². The lowest BCUT2D eigenvalue weighted by Crippen LogP contribution is -2.40. The Bertz CT molecular complexity index is 1050. The first-order chi connectivity index (χ1) is 12.5. The summed E-state index contributed by atoms with van der Waals surface area (Å²) in [7, 11) is 0. The van der Waals surface area contributed by atoms with Crippen molar-refractivity contribution < 1.29 is 0 Å². The zero-order valence-corrected chi connectivity index (χ0v) is 16.0. The van der Waals surface area contributed by atoms with Crippen LogP contribution >= 0.6 is 11.6 Å². The molecular formula is C18H22ClN5O2. The van der Waals surface area contributed by atoms with Crippen molar-refractivity contribution in [2.24, 2.45) is 0 Å². The molecule has 0 N–H and O–H groups in total. The Balaban J connectivity index is 2.42. The van der Waals surface area contributed by atoms with Crippen LogP contribution in [0.5, 0.6) is 0 Å². The number of aryl methyl sites for hydroxylation is 2. The van der Waals surface area contributed by atoms with Crippen LogP contribution in [0.1, 0.15) is 33.6 Å². The highest BCUT2D eigenvalue weighted by Crippen LogP contribution is 2.23. The average molecular weight is 376 g/mol. The van der Waals surface area contributed by atoms with Gasteiger partial charge in [-0.1, -0.05) is 25.4 Å². The van der Waals surface area contributed by atoms with Crippen molar-refractivity contribution in [1.82, 2.24) is 23.7 Å². The molecule has 0 bridgehead atoms. The number of nitrogens with zero attached hydrogens (tertiary/aromatic N) is 5. The van der Waals surface area contributed by atoms with E-state index in [0.29, 0.717) is 48.2 Å². The Morgan fingerprint density at radius 2 is 1.69 bits per heavy atom. The van der Waals surface area contributed by atoms with E-state index >= 15 is 0 Å². The lowest BCUT2D eigenvalue weighted by molar-refractivity contribution is 0.553. The minimum absolute atomic E-state index is 0.290. The zero-order chi connectivity index (χ0) is 18.8. The molecule has 0 saturated heterocycles. The zero-order valence-electron chi connectivity index (χ0n) is 15.2. The first-order valence-electron chi connectivity index (χ1n) is 8.89. The predicted molar refractivity (Wildman–Crippen MR) is 103 cm³/mol. The van der Waals surface area contributed by atoms with Crippen molar-refractivity contribution >= 4 is 22.8 Å². The Kier molecular flexibility index (Phi) is 5.27. The van der Waals surface area contributed by atoms with Crippen LogP contribution in [-0.2, 0) is 19.6 Å². The van der Waals surface area contributed by atoms with Gasteiger partial charge in [-0.05, 0) is 31.9 Å². The van der Waals surface area contributed by atoms with Crippen LogP contribution in [0.3, 0.4) is 0 Å². The maximum absolute atomic E-state index is 13.0. The second kappa shape index (κ2) is 7.45. The van der Waals surface area contributed by atoms with Gasteiger partial charge in [0, 0.05) is 31.4 Å². The summed E-state index contributed by atoms with van der Waals surface area (Å²) in [6.45, 7) is 7.35. The number of rotatable bonds is 6. The quantitative estimate of drug-likeness (QED) is 0.621. The van der Waals surface area contributed by atoms with E-state index in [1.807, 2.05) is 31.4 Å². The van der Waals surface area contributed by atoms with Gasteiger partial charge in [0.1, 0.15) is 11.0 Å². The van der Waals surface area contributed by atoms with Gasteiger partial charge >= 0.3 is 5.69 Å². The van der Waals surface area contributed by atoms with Gasteiger partial charge in [-0.15, -0.1) is 0 Å². The first-order valence-corrected chi connectivity index (χ1v) is 9.27. The van der Waals surface area contributed by atoms with Crippen LogP contribution in [-0.4, -0.2) is 23.7 Å². The van der Waals surface area contributed by atoms with Crippen LogP contribution in [0.15, 0.2) is 27.9 Å². The average Bonchev–Trinajstić information content (AvgIpc) is 3.02. The SMILES string of the molecule is CCCn1c(=O)c2c(nc(-c3ccc(Cl)nc3)n2CC)n(CCC)c1=O. The molecule has 0 atom stereocenters. The van der Waals surface area contributed by atoms with Crippen LogP contribution in [0.4, 0.5) is 0 Å². The van der Waals surface area contributed by atoms with E-state index in [2.05, 4.69) is 9.97 Å². The van der Waals surface area contributed by atoms with Gasteiger partial charge in [-0.25, -0.2) is 14.8 Å². The molecular weight excluding hydrogens is 354 g/mol. The second-order valence-electron chi connectivity index (χ2n) is 6.11. The summed E-state index contributed by atoms with van der Waals surface area (Å²) in [6, 6.07) is 3.50.